The van der Waals surface area contributed by atoms with Crippen molar-refractivity contribution in [2.45, 2.75) is 18.9 Å². The summed E-state index contributed by atoms with van der Waals surface area (Å²) in [6, 6.07) is 8.17. The number of nitrogens with one attached hydrogen (secondary N) is 2. The lowest BCUT2D eigenvalue weighted by Gasteiger charge is -2.34. The fourth-order valence-corrected chi connectivity index (χ4v) is 4.04. The molecule has 0 aliphatic carbocycles. The molecule has 9 heteroatoms. The van der Waals surface area contributed by atoms with Crippen LogP contribution in [-0.2, 0) is 4.79 Å². The van der Waals surface area contributed by atoms with Crippen LogP contribution in [0.25, 0.3) is 0 Å². The van der Waals surface area contributed by atoms with Crippen molar-refractivity contribution in [1.29, 1.82) is 0 Å². The molecule has 0 atom stereocenters. The zero-order valence-corrected chi connectivity index (χ0v) is 18.4. The second kappa shape index (κ2) is 9.95. The number of piperidine rings is 1. The molecule has 3 heterocycles. The maximum absolute atomic E-state index is 14.3. The molecule has 0 unspecified atom stereocenters. The van der Waals surface area contributed by atoms with Crippen LogP contribution in [0.15, 0.2) is 43.1 Å². The number of rotatable bonds is 6. The van der Waals surface area contributed by atoms with Gasteiger partial charge in [-0.05, 0) is 50.2 Å². The van der Waals surface area contributed by atoms with Gasteiger partial charge in [0.2, 0.25) is 11.9 Å². The van der Waals surface area contributed by atoms with E-state index in [-0.39, 0.29) is 17.8 Å². The molecule has 2 aliphatic rings. The Morgan fingerprint density at radius 1 is 1.12 bits per heavy atom. The summed E-state index contributed by atoms with van der Waals surface area (Å²) in [5.41, 5.74) is 2.03. The van der Waals surface area contributed by atoms with E-state index in [4.69, 9.17) is 0 Å². The summed E-state index contributed by atoms with van der Waals surface area (Å²) in [5, 5.41) is 6.32. The Balaban J connectivity index is 1.35. The van der Waals surface area contributed by atoms with E-state index in [2.05, 4.69) is 56.2 Å². The molecule has 0 saturated carbocycles. The molecule has 0 radical (unpaired) electrons. The number of carbonyl (C=O) groups is 1. The first kappa shape index (κ1) is 22.0. The van der Waals surface area contributed by atoms with E-state index < -0.39 is 5.82 Å². The summed E-state index contributed by atoms with van der Waals surface area (Å²) in [5.74, 6) is -0.0575. The van der Waals surface area contributed by atoms with Gasteiger partial charge in [0, 0.05) is 56.7 Å². The summed E-state index contributed by atoms with van der Waals surface area (Å²) in [6.07, 6.45) is 3.94. The van der Waals surface area contributed by atoms with Gasteiger partial charge >= 0.3 is 0 Å². The first-order chi connectivity index (χ1) is 15.5. The third-order valence-corrected chi connectivity index (χ3v) is 6.06. The highest BCUT2D eigenvalue weighted by Gasteiger charge is 2.22. The fraction of sp³-hybridized carbons (Fsp3) is 0.435. The molecule has 170 valence electrons. The van der Waals surface area contributed by atoms with Crippen molar-refractivity contribution in [3.63, 3.8) is 0 Å². The first-order valence-corrected chi connectivity index (χ1v) is 11.0. The van der Waals surface area contributed by atoms with Crippen molar-refractivity contribution in [3.05, 3.63) is 48.9 Å². The molecular weight excluding hydrogens is 409 g/mol. The molecule has 2 saturated heterocycles. The summed E-state index contributed by atoms with van der Waals surface area (Å²) in [6.45, 7) is 8.89. The van der Waals surface area contributed by atoms with Crippen LogP contribution < -0.4 is 15.5 Å². The molecule has 8 nitrogen and oxygen atoms in total. The number of halogens is 1. The van der Waals surface area contributed by atoms with Crippen molar-refractivity contribution in [2.75, 3.05) is 61.8 Å². The minimum absolute atomic E-state index is 0.0454. The van der Waals surface area contributed by atoms with Gasteiger partial charge in [0.25, 0.3) is 0 Å². The number of anilines is 4. The van der Waals surface area contributed by atoms with Crippen LogP contribution in [0, 0.1) is 5.82 Å². The van der Waals surface area contributed by atoms with Crippen molar-refractivity contribution in [1.82, 2.24) is 19.8 Å². The average Bonchev–Trinajstić information content (AvgIpc) is 2.82. The Kier molecular flexibility index (Phi) is 6.84. The number of amides is 1. The van der Waals surface area contributed by atoms with Gasteiger partial charge in [-0.2, -0.15) is 4.98 Å². The Morgan fingerprint density at radius 3 is 2.47 bits per heavy atom. The van der Waals surface area contributed by atoms with Gasteiger partial charge in [-0.15, -0.1) is 0 Å². The van der Waals surface area contributed by atoms with E-state index in [1.807, 2.05) is 12.1 Å². The zero-order valence-electron chi connectivity index (χ0n) is 18.4. The Hall–Kier alpha value is -3.20. The van der Waals surface area contributed by atoms with Gasteiger partial charge < -0.3 is 25.3 Å². The van der Waals surface area contributed by atoms with E-state index >= 15 is 0 Å². The maximum Gasteiger partial charge on any atom is 0.245 e. The Morgan fingerprint density at radius 2 is 1.81 bits per heavy atom. The molecule has 2 N–H and O–H groups in total. The quantitative estimate of drug-likeness (QED) is 0.670. The molecule has 1 aromatic heterocycles. The predicted molar refractivity (Wildman–Crippen MR) is 125 cm³/mol. The van der Waals surface area contributed by atoms with Gasteiger partial charge in [0.1, 0.15) is 0 Å². The van der Waals surface area contributed by atoms with E-state index in [0.29, 0.717) is 19.0 Å². The third-order valence-electron chi connectivity index (χ3n) is 6.06. The molecule has 1 amide bonds. The maximum atomic E-state index is 14.3. The van der Waals surface area contributed by atoms with E-state index in [9.17, 15) is 9.18 Å². The number of likely N-dealkylation sites (N-methyl/N-ethyl adjacent to an activating group) is 1. The zero-order chi connectivity index (χ0) is 22.5. The van der Waals surface area contributed by atoms with Crippen molar-refractivity contribution < 1.29 is 9.18 Å². The first-order valence-electron chi connectivity index (χ1n) is 11.0. The SMILES string of the molecule is C=CC(=O)N1CCC(Nc2nc(Nc3ccc(N4CCN(C)CC4)cc3)ncc2F)CC1. The number of carbonyl (C=O) groups excluding carboxylic acids is 1. The number of likely N-dealkylation sites (tertiary alicyclic amines) is 1. The van der Waals surface area contributed by atoms with E-state index in [1.165, 1.54) is 18.0 Å². The highest BCUT2D eigenvalue weighted by atomic mass is 19.1. The van der Waals surface area contributed by atoms with Crippen LogP contribution in [0.2, 0.25) is 0 Å². The van der Waals surface area contributed by atoms with Crippen LogP contribution >= 0.6 is 0 Å². The minimum Gasteiger partial charge on any atom is -0.369 e. The van der Waals surface area contributed by atoms with Crippen molar-refractivity contribution in [2.24, 2.45) is 0 Å². The molecule has 2 aliphatic heterocycles. The second-order valence-electron chi connectivity index (χ2n) is 8.30. The van der Waals surface area contributed by atoms with Gasteiger partial charge in [-0.25, -0.2) is 9.37 Å². The lowest BCUT2D eigenvalue weighted by atomic mass is 10.0. The molecule has 0 spiro atoms. The smallest absolute Gasteiger partial charge is 0.245 e. The number of aromatic nitrogens is 2. The molecule has 4 rings (SSSR count). The van der Waals surface area contributed by atoms with Crippen molar-refractivity contribution >= 4 is 29.0 Å². The standard InChI is InChI=1S/C23H30FN7O/c1-3-21(32)31-10-8-18(9-11-31)26-22-20(24)16-25-23(28-22)27-17-4-6-19(7-5-17)30-14-12-29(2)13-15-30/h3-7,16,18H,1,8-15H2,2H3,(H2,25,26,27,28). The largest absolute Gasteiger partial charge is 0.369 e. The fourth-order valence-electron chi connectivity index (χ4n) is 4.04. The number of hydrogen-bond donors (Lipinski definition) is 2. The van der Waals surface area contributed by atoms with Crippen LogP contribution in [0.5, 0.6) is 0 Å². The number of piperazine rings is 1. The summed E-state index contributed by atoms with van der Waals surface area (Å²) in [7, 11) is 2.14. The van der Waals surface area contributed by atoms with Gasteiger partial charge in [-0.3, -0.25) is 4.79 Å². The van der Waals surface area contributed by atoms with Gasteiger partial charge in [0.05, 0.1) is 6.20 Å². The third kappa shape index (κ3) is 5.34. The molecule has 2 fully saturated rings. The molecule has 0 bridgehead atoms. The average molecular weight is 440 g/mol. The van der Waals surface area contributed by atoms with E-state index in [1.54, 1.807) is 4.90 Å². The van der Waals surface area contributed by atoms with Crippen LogP contribution in [-0.4, -0.2) is 78.0 Å². The predicted octanol–water partition coefficient (Wildman–Crippen LogP) is 2.70. The number of nitrogens with zero attached hydrogens (tertiary/aromatic N) is 5. The molecular formula is C23H30FN7O. The number of benzene rings is 1. The Bertz CT molecular complexity index is 936. The minimum atomic E-state index is -0.495. The van der Waals surface area contributed by atoms with Gasteiger partial charge in [0.15, 0.2) is 11.6 Å². The summed E-state index contributed by atoms with van der Waals surface area (Å²) >= 11 is 0. The Labute approximate surface area is 188 Å². The monoisotopic (exact) mass is 439 g/mol. The molecule has 2 aromatic rings. The topological polar surface area (TPSA) is 76.6 Å². The summed E-state index contributed by atoms with van der Waals surface area (Å²) in [4.78, 5) is 26.6. The lowest BCUT2D eigenvalue weighted by molar-refractivity contribution is -0.126. The van der Waals surface area contributed by atoms with Crippen LogP contribution in [0.4, 0.5) is 27.5 Å². The highest BCUT2D eigenvalue weighted by Crippen LogP contribution is 2.23. The van der Waals surface area contributed by atoms with Crippen LogP contribution in [0.1, 0.15) is 12.8 Å². The molecule has 32 heavy (non-hydrogen) atoms. The van der Waals surface area contributed by atoms with Crippen molar-refractivity contribution in [3.8, 4) is 0 Å². The normalized spacial score (nSPS) is 17.8. The van der Waals surface area contributed by atoms with Crippen LogP contribution in [0.3, 0.4) is 0 Å². The highest BCUT2D eigenvalue weighted by molar-refractivity contribution is 5.87. The van der Waals surface area contributed by atoms with E-state index in [0.717, 1.165) is 44.7 Å². The summed E-state index contributed by atoms with van der Waals surface area (Å²) < 4.78 is 14.3. The van der Waals surface area contributed by atoms with Gasteiger partial charge in [-0.1, -0.05) is 6.58 Å². The second-order valence-corrected chi connectivity index (χ2v) is 8.30. The molecule has 1 aromatic carbocycles. The number of hydrogen-bond acceptors (Lipinski definition) is 7. The lowest BCUT2D eigenvalue weighted by Crippen LogP contribution is -2.44.